The van der Waals surface area contributed by atoms with E-state index in [-0.39, 0.29) is 5.69 Å². The predicted molar refractivity (Wildman–Crippen MR) is 90.4 cm³/mol. The highest BCUT2D eigenvalue weighted by Gasteiger charge is 2.13. The third-order valence-electron chi connectivity index (χ3n) is 3.55. The lowest BCUT2D eigenvalue weighted by Crippen LogP contribution is -2.02. The van der Waals surface area contributed by atoms with Gasteiger partial charge in [-0.1, -0.05) is 0 Å². The van der Waals surface area contributed by atoms with Gasteiger partial charge in [-0.15, -0.1) is 0 Å². The van der Waals surface area contributed by atoms with Crippen LogP contribution in [0.15, 0.2) is 61.7 Å². The van der Waals surface area contributed by atoms with Crippen molar-refractivity contribution in [2.24, 2.45) is 0 Å². The molecule has 9 heteroatoms. The highest BCUT2D eigenvalue weighted by Crippen LogP contribution is 2.22. The predicted octanol–water partition coefficient (Wildman–Crippen LogP) is 1.88. The molecule has 4 aromatic rings. The minimum atomic E-state index is -1.11. The monoisotopic (exact) mass is 345 g/mol. The second kappa shape index (κ2) is 6.48. The molecule has 0 aromatic carbocycles. The van der Waals surface area contributed by atoms with Crippen LogP contribution in [-0.4, -0.2) is 45.5 Å². The molecule has 1 N–H and O–H groups in total. The number of imidazole rings is 1. The van der Waals surface area contributed by atoms with E-state index in [1.807, 2.05) is 12.1 Å². The van der Waals surface area contributed by atoms with Crippen LogP contribution >= 0.6 is 0 Å². The third kappa shape index (κ3) is 3.00. The summed E-state index contributed by atoms with van der Waals surface area (Å²) < 4.78 is 1.52. The zero-order valence-corrected chi connectivity index (χ0v) is 13.3. The van der Waals surface area contributed by atoms with Crippen LogP contribution in [0.4, 0.5) is 0 Å². The van der Waals surface area contributed by atoms with Gasteiger partial charge in [0.05, 0.1) is 11.9 Å². The van der Waals surface area contributed by atoms with E-state index in [2.05, 4.69) is 29.9 Å². The Morgan fingerprint density at radius 2 is 1.81 bits per heavy atom. The molecule has 4 rings (SSSR count). The van der Waals surface area contributed by atoms with E-state index in [9.17, 15) is 4.79 Å². The van der Waals surface area contributed by atoms with E-state index < -0.39 is 5.97 Å². The lowest BCUT2D eigenvalue weighted by atomic mass is 10.2. The maximum atomic E-state index is 11.1. The van der Waals surface area contributed by atoms with Crippen LogP contribution in [-0.2, 0) is 0 Å². The fourth-order valence-corrected chi connectivity index (χ4v) is 2.32. The van der Waals surface area contributed by atoms with E-state index in [0.717, 1.165) is 5.56 Å². The lowest BCUT2D eigenvalue weighted by molar-refractivity contribution is 0.0691. The van der Waals surface area contributed by atoms with Crippen molar-refractivity contribution in [3.8, 4) is 28.6 Å². The van der Waals surface area contributed by atoms with Crippen molar-refractivity contribution in [1.82, 2.24) is 34.5 Å². The molecule has 26 heavy (non-hydrogen) atoms. The maximum absolute atomic E-state index is 11.1. The molecule has 0 aliphatic heterocycles. The van der Waals surface area contributed by atoms with Gasteiger partial charge in [-0.3, -0.25) is 14.5 Å². The Hall–Kier alpha value is -4.01. The van der Waals surface area contributed by atoms with E-state index in [1.165, 1.54) is 17.1 Å². The van der Waals surface area contributed by atoms with Crippen LogP contribution in [0.1, 0.15) is 10.5 Å². The molecule has 0 saturated heterocycles. The smallest absolute Gasteiger partial charge is 0.356 e. The highest BCUT2D eigenvalue weighted by molar-refractivity contribution is 5.85. The molecular formula is C17H11N7O2. The maximum Gasteiger partial charge on any atom is 0.356 e. The van der Waals surface area contributed by atoms with Crippen molar-refractivity contribution < 1.29 is 9.90 Å². The van der Waals surface area contributed by atoms with Gasteiger partial charge in [0.1, 0.15) is 17.8 Å². The topological polar surface area (TPSA) is 120 Å². The van der Waals surface area contributed by atoms with Gasteiger partial charge in [-0.25, -0.2) is 24.7 Å². The van der Waals surface area contributed by atoms with Gasteiger partial charge >= 0.3 is 5.97 Å². The molecule has 0 amide bonds. The number of rotatable bonds is 4. The summed E-state index contributed by atoms with van der Waals surface area (Å²) in [7, 11) is 0. The fraction of sp³-hybridized carbons (Fsp3) is 0. The van der Waals surface area contributed by atoms with Gasteiger partial charge in [0, 0.05) is 42.6 Å². The van der Waals surface area contributed by atoms with Gasteiger partial charge < -0.3 is 5.11 Å². The van der Waals surface area contributed by atoms with Gasteiger partial charge in [-0.05, 0) is 12.1 Å². The first kappa shape index (κ1) is 15.5. The number of carboxylic acids is 1. The summed E-state index contributed by atoms with van der Waals surface area (Å²) in [4.78, 5) is 36.3. The number of aromatic carboxylic acids is 1. The molecule has 0 bridgehead atoms. The fourth-order valence-electron chi connectivity index (χ4n) is 2.32. The molecule has 0 aliphatic rings. The Labute approximate surface area is 147 Å². The summed E-state index contributed by atoms with van der Waals surface area (Å²) >= 11 is 0. The molecule has 0 unspecified atom stereocenters. The van der Waals surface area contributed by atoms with Gasteiger partial charge in [0.15, 0.2) is 11.5 Å². The number of hydrogen-bond acceptors (Lipinski definition) is 7. The molecule has 0 spiro atoms. The van der Waals surface area contributed by atoms with Crippen LogP contribution < -0.4 is 0 Å². The minimum Gasteiger partial charge on any atom is -0.476 e. The van der Waals surface area contributed by atoms with E-state index in [1.54, 1.807) is 37.1 Å². The number of hydrogen-bond donors (Lipinski definition) is 1. The van der Waals surface area contributed by atoms with Crippen molar-refractivity contribution in [2.45, 2.75) is 0 Å². The first-order valence-electron chi connectivity index (χ1n) is 7.54. The normalized spacial score (nSPS) is 10.6. The van der Waals surface area contributed by atoms with Crippen molar-refractivity contribution >= 4 is 5.97 Å². The molecule has 4 aromatic heterocycles. The number of pyridine rings is 1. The molecule has 0 saturated carbocycles. The summed E-state index contributed by atoms with van der Waals surface area (Å²) in [5.41, 5.74) is 1.91. The number of carboxylic acid groups (broad SMARTS) is 1. The third-order valence-corrected chi connectivity index (χ3v) is 3.55. The Morgan fingerprint density at radius 1 is 0.962 bits per heavy atom. The second-order valence-electron chi connectivity index (χ2n) is 5.23. The average Bonchev–Trinajstić information content (AvgIpc) is 3.20. The van der Waals surface area contributed by atoms with Gasteiger partial charge in [-0.2, -0.15) is 0 Å². The molecule has 0 atom stereocenters. The first-order chi connectivity index (χ1) is 12.7. The Morgan fingerprint density at radius 3 is 2.50 bits per heavy atom. The Balaban J connectivity index is 1.89. The summed E-state index contributed by atoms with van der Waals surface area (Å²) in [6.45, 7) is 0. The summed E-state index contributed by atoms with van der Waals surface area (Å²) in [6.07, 6.45) is 10.8. The van der Waals surface area contributed by atoms with Crippen LogP contribution in [0.5, 0.6) is 0 Å². The standard InChI is InChI=1S/C17H11N7O2/c25-17(26)14-9-24(10-21-14)15-7-12(11-1-3-18-4-2-11)22-16(23-15)13-8-19-5-6-20-13/h1-10H,(H,25,26). The SMILES string of the molecule is O=C(O)c1cn(-c2cc(-c3ccncc3)nc(-c3cnccn3)n2)cn1. The summed E-state index contributed by atoms with van der Waals surface area (Å²) in [5.74, 6) is -0.276. The lowest BCUT2D eigenvalue weighted by Gasteiger charge is -2.08. The van der Waals surface area contributed by atoms with Gasteiger partial charge in [0.25, 0.3) is 0 Å². The minimum absolute atomic E-state index is 0.0740. The quantitative estimate of drug-likeness (QED) is 0.595. The largest absolute Gasteiger partial charge is 0.476 e. The Bertz CT molecular complexity index is 1010. The first-order valence-corrected chi connectivity index (χ1v) is 7.54. The van der Waals surface area contributed by atoms with E-state index >= 15 is 0 Å². The number of nitrogens with zero attached hydrogens (tertiary/aromatic N) is 7. The number of aromatic nitrogens is 7. The number of carbonyl (C=O) groups is 1. The zero-order valence-electron chi connectivity index (χ0n) is 13.3. The van der Waals surface area contributed by atoms with Crippen LogP contribution in [0.2, 0.25) is 0 Å². The molecule has 0 fully saturated rings. The van der Waals surface area contributed by atoms with Crippen molar-refractivity contribution in [1.29, 1.82) is 0 Å². The summed E-state index contributed by atoms with van der Waals surface area (Å²) in [6, 6.07) is 5.38. The Kier molecular flexibility index (Phi) is 3.86. The molecular weight excluding hydrogens is 334 g/mol. The van der Waals surface area contributed by atoms with E-state index in [4.69, 9.17) is 5.11 Å². The van der Waals surface area contributed by atoms with Crippen LogP contribution in [0, 0.1) is 0 Å². The molecule has 126 valence electrons. The second-order valence-corrected chi connectivity index (χ2v) is 5.23. The van der Waals surface area contributed by atoms with Crippen molar-refractivity contribution in [3.63, 3.8) is 0 Å². The van der Waals surface area contributed by atoms with Gasteiger partial charge in [0.2, 0.25) is 0 Å². The highest BCUT2D eigenvalue weighted by atomic mass is 16.4. The summed E-state index contributed by atoms with van der Waals surface area (Å²) in [5, 5.41) is 9.08. The molecule has 4 heterocycles. The van der Waals surface area contributed by atoms with Crippen molar-refractivity contribution in [2.75, 3.05) is 0 Å². The molecule has 9 nitrogen and oxygen atoms in total. The van der Waals surface area contributed by atoms with Crippen molar-refractivity contribution in [3.05, 3.63) is 67.4 Å². The molecule has 0 aliphatic carbocycles. The van der Waals surface area contributed by atoms with E-state index in [0.29, 0.717) is 23.0 Å². The van der Waals surface area contributed by atoms with Crippen LogP contribution in [0.3, 0.4) is 0 Å². The zero-order chi connectivity index (χ0) is 17.9. The van der Waals surface area contributed by atoms with Crippen LogP contribution in [0.25, 0.3) is 28.6 Å². The average molecular weight is 345 g/mol. The molecule has 0 radical (unpaired) electrons.